The molecule has 4 aromatic carbocycles. The van der Waals surface area contributed by atoms with E-state index < -0.39 is 5.97 Å². The van der Waals surface area contributed by atoms with Crippen molar-refractivity contribution in [2.24, 2.45) is 5.73 Å². The van der Waals surface area contributed by atoms with Crippen LogP contribution in [-0.4, -0.2) is 26.9 Å². The number of nitrogen functional groups attached to an aromatic ring is 1. The fourth-order valence-electron chi connectivity index (χ4n) is 5.17. The molecule has 9 nitrogen and oxygen atoms in total. The van der Waals surface area contributed by atoms with Gasteiger partial charge < -0.3 is 20.3 Å². The van der Waals surface area contributed by atoms with Crippen molar-refractivity contribution < 1.29 is 19.4 Å². The SMILES string of the molecule is CC(=O)O.N#Cc1cc2c(Oc3ccc(-c4ccccc4)cc3)cncc2s1.N=C(N)c1cc2c(Oc3ccc(-c4ccccc4)cc3)cncc2s1. The number of rotatable bonds is 7. The lowest BCUT2D eigenvalue weighted by molar-refractivity contribution is -0.134. The van der Waals surface area contributed by atoms with Crippen LogP contribution in [0.5, 0.6) is 23.0 Å². The smallest absolute Gasteiger partial charge is 0.300 e. The summed E-state index contributed by atoms with van der Waals surface area (Å²) in [7, 11) is 0. The van der Waals surface area contributed by atoms with Gasteiger partial charge in [0.25, 0.3) is 5.97 Å². The lowest BCUT2D eigenvalue weighted by Crippen LogP contribution is -2.08. The van der Waals surface area contributed by atoms with Crippen molar-refractivity contribution in [1.29, 1.82) is 10.7 Å². The number of nitrogens with one attached hydrogen (secondary N) is 1. The molecular formula is C42H31N5O4S2. The van der Waals surface area contributed by atoms with Crippen LogP contribution in [0.4, 0.5) is 0 Å². The number of pyridine rings is 2. The number of aromatic nitrogens is 2. The maximum Gasteiger partial charge on any atom is 0.300 e. The maximum atomic E-state index is 9.06. The third-order valence-electron chi connectivity index (χ3n) is 7.57. The number of aliphatic carboxylic acids is 1. The van der Waals surface area contributed by atoms with E-state index in [2.05, 4.69) is 40.3 Å². The zero-order valence-corrected chi connectivity index (χ0v) is 29.9. The Morgan fingerprint density at radius 1 is 0.679 bits per heavy atom. The largest absolute Gasteiger partial charge is 0.481 e. The van der Waals surface area contributed by atoms with Gasteiger partial charge in [0.15, 0.2) is 11.5 Å². The molecule has 53 heavy (non-hydrogen) atoms. The minimum atomic E-state index is -0.833. The number of nitrogens with two attached hydrogens (primary N) is 1. The van der Waals surface area contributed by atoms with Gasteiger partial charge in [0.2, 0.25) is 0 Å². The van der Waals surface area contributed by atoms with E-state index in [1.165, 1.54) is 33.8 Å². The Bertz CT molecular complexity index is 2520. The molecular weight excluding hydrogens is 703 g/mol. The normalized spacial score (nSPS) is 10.3. The van der Waals surface area contributed by atoms with Gasteiger partial charge >= 0.3 is 0 Å². The minimum absolute atomic E-state index is 0.0550. The maximum absolute atomic E-state index is 9.06. The van der Waals surface area contributed by atoms with E-state index in [1.54, 1.807) is 24.8 Å². The zero-order chi connectivity index (χ0) is 37.2. The molecule has 0 amide bonds. The van der Waals surface area contributed by atoms with Gasteiger partial charge in [-0.25, -0.2) is 0 Å². The van der Waals surface area contributed by atoms with E-state index in [0.717, 1.165) is 49.7 Å². The molecule has 0 radical (unpaired) electrons. The summed E-state index contributed by atoms with van der Waals surface area (Å²) >= 11 is 2.86. The van der Waals surface area contributed by atoms with Crippen LogP contribution in [0.15, 0.2) is 146 Å². The fraction of sp³-hybridized carbons (Fsp3) is 0.0238. The van der Waals surface area contributed by atoms with E-state index in [4.69, 9.17) is 35.8 Å². The number of benzene rings is 4. The number of hydrogen-bond acceptors (Lipinski definition) is 9. The first kappa shape index (κ1) is 35.9. The third kappa shape index (κ3) is 9.28. The molecule has 0 atom stereocenters. The number of fused-ring (bicyclic) bond motifs is 2. The average molecular weight is 734 g/mol. The molecule has 0 saturated heterocycles. The molecule has 260 valence electrons. The van der Waals surface area contributed by atoms with Gasteiger partial charge in [-0.05, 0) is 58.7 Å². The molecule has 4 aromatic heterocycles. The van der Waals surface area contributed by atoms with Crippen molar-refractivity contribution in [1.82, 2.24) is 9.97 Å². The summed E-state index contributed by atoms with van der Waals surface area (Å²) in [5.74, 6) is 2.03. The van der Waals surface area contributed by atoms with Gasteiger partial charge in [0.1, 0.15) is 28.3 Å². The van der Waals surface area contributed by atoms with Gasteiger partial charge in [0.05, 0.1) is 26.7 Å². The van der Waals surface area contributed by atoms with E-state index in [0.29, 0.717) is 21.3 Å². The predicted octanol–water partition coefficient (Wildman–Crippen LogP) is 10.8. The average Bonchev–Trinajstić information content (AvgIpc) is 3.83. The Hall–Kier alpha value is -6.87. The molecule has 0 aliphatic rings. The molecule has 8 aromatic rings. The Balaban J connectivity index is 0.000000165. The number of thiophene rings is 2. The second-order valence-corrected chi connectivity index (χ2v) is 13.5. The fourth-order valence-corrected chi connectivity index (χ4v) is 6.92. The molecule has 0 aliphatic heterocycles. The first-order valence-electron chi connectivity index (χ1n) is 16.1. The highest BCUT2D eigenvalue weighted by molar-refractivity contribution is 7.21. The van der Waals surface area contributed by atoms with Crippen molar-refractivity contribution in [3.63, 3.8) is 0 Å². The summed E-state index contributed by atoms with van der Waals surface area (Å²) in [6.45, 7) is 1.08. The quantitative estimate of drug-likeness (QED) is 0.108. The third-order valence-corrected chi connectivity index (χ3v) is 9.65. The van der Waals surface area contributed by atoms with Crippen LogP contribution in [0, 0.1) is 16.7 Å². The van der Waals surface area contributed by atoms with Crippen molar-refractivity contribution >= 4 is 54.7 Å². The standard InChI is InChI=1S/C20H15N3OS.C20H12N2OS.C2H4O2/c21-20(22)18-10-16-17(11-23-12-19(16)25-18)24-15-8-6-14(7-9-15)13-4-2-1-3-5-13;21-11-17-10-18-19(12-22-13-20(18)24-17)23-16-8-6-15(7-9-16)14-4-2-1-3-5-14;1-2(3)4/h1-12H,(H3,21,22);1-10,12-13H;1H3,(H,3,4). The molecule has 0 unspecified atom stereocenters. The monoisotopic (exact) mass is 733 g/mol. The summed E-state index contributed by atoms with van der Waals surface area (Å²) in [6, 6.07) is 42.2. The summed E-state index contributed by atoms with van der Waals surface area (Å²) in [6.07, 6.45) is 6.88. The molecule has 8 rings (SSSR count). The molecule has 0 spiro atoms. The molecule has 0 fully saturated rings. The van der Waals surface area contributed by atoms with Crippen molar-refractivity contribution in [2.45, 2.75) is 6.92 Å². The van der Waals surface area contributed by atoms with Crippen LogP contribution < -0.4 is 15.2 Å². The Labute approximate surface area is 313 Å². The lowest BCUT2D eigenvalue weighted by atomic mass is 10.1. The van der Waals surface area contributed by atoms with E-state index in [1.807, 2.05) is 97.1 Å². The van der Waals surface area contributed by atoms with E-state index in [9.17, 15) is 0 Å². The first-order chi connectivity index (χ1) is 25.8. The molecule has 4 heterocycles. The molecule has 0 saturated carbocycles. The summed E-state index contributed by atoms with van der Waals surface area (Å²) in [5, 5.41) is 25.9. The highest BCUT2D eigenvalue weighted by Crippen LogP contribution is 2.36. The number of carbonyl (C=O) groups is 1. The Kier molecular flexibility index (Phi) is 11.5. The van der Waals surface area contributed by atoms with Gasteiger partial charge in [0, 0.05) is 30.1 Å². The number of hydrogen-bond donors (Lipinski definition) is 3. The van der Waals surface area contributed by atoms with Gasteiger partial charge in [-0.1, -0.05) is 84.9 Å². The van der Waals surface area contributed by atoms with Crippen LogP contribution >= 0.6 is 22.7 Å². The lowest BCUT2D eigenvalue weighted by Gasteiger charge is -2.08. The number of nitrogens with zero attached hydrogens (tertiary/aromatic N) is 3. The molecule has 11 heteroatoms. The van der Waals surface area contributed by atoms with Crippen LogP contribution in [0.25, 0.3) is 42.4 Å². The van der Waals surface area contributed by atoms with Crippen molar-refractivity contribution in [2.75, 3.05) is 0 Å². The number of carboxylic acid groups (broad SMARTS) is 1. The number of carboxylic acids is 1. The Morgan fingerprint density at radius 3 is 1.53 bits per heavy atom. The molecule has 0 aliphatic carbocycles. The van der Waals surface area contributed by atoms with Crippen molar-refractivity contribution in [3.05, 3.63) is 156 Å². The van der Waals surface area contributed by atoms with E-state index in [-0.39, 0.29) is 5.84 Å². The van der Waals surface area contributed by atoms with Gasteiger partial charge in [-0.3, -0.25) is 20.2 Å². The summed E-state index contributed by atoms with van der Waals surface area (Å²) in [4.78, 5) is 18.8. The van der Waals surface area contributed by atoms with Gasteiger partial charge in [-0.2, -0.15) is 5.26 Å². The second-order valence-electron chi connectivity index (χ2n) is 11.3. The number of ether oxygens (including phenoxy) is 2. The molecule has 4 N–H and O–H groups in total. The summed E-state index contributed by atoms with van der Waals surface area (Å²) < 4.78 is 13.9. The van der Waals surface area contributed by atoms with Crippen molar-refractivity contribution in [3.8, 4) is 51.3 Å². The second kappa shape index (κ2) is 16.9. The van der Waals surface area contributed by atoms with Crippen LogP contribution in [0.1, 0.15) is 16.7 Å². The zero-order valence-electron chi connectivity index (χ0n) is 28.3. The number of nitriles is 1. The number of amidine groups is 1. The van der Waals surface area contributed by atoms with Crippen LogP contribution in [0.2, 0.25) is 0 Å². The topological polar surface area (TPSA) is 155 Å². The first-order valence-corrected chi connectivity index (χ1v) is 17.8. The molecule has 0 bridgehead atoms. The summed E-state index contributed by atoms with van der Waals surface area (Å²) in [5.41, 5.74) is 10.2. The Morgan fingerprint density at radius 2 is 1.09 bits per heavy atom. The van der Waals surface area contributed by atoms with Crippen LogP contribution in [-0.2, 0) is 4.79 Å². The highest BCUT2D eigenvalue weighted by Gasteiger charge is 2.11. The highest BCUT2D eigenvalue weighted by atomic mass is 32.1. The van der Waals surface area contributed by atoms with Crippen LogP contribution in [0.3, 0.4) is 0 Å². The minimum Gasteiger partial charge on any atom is -0.481 e. The predicted molar refractivity (Wildman–Crippen MR) is 212 cm³/mol. The van der Waals surface area contributed by atoms with E-state index >= 15 is 0 Å². The van der Waals surface area contributed by atoms with Gasteiger partial charge in [-0.15, -0.1) is 22.7 Å².